The van der Waals surface area contributed by atoms with Crippen molar-refractivity contribution in [2.45, 2.75) is 57.7 Å². The highest BCUT2D eigenvalue weighted by Gasteiger charge is 2.41. The highest BCUT2D eigenvalue weighted by molar-refractivity contribution is 5.96. The minimum absolute atomic E-state index is 0.174. The first-order chi connectivity index (χ1) is 17.6. The van der Waals surface area contributed by atoms with E-state index in [2.05, 4.69) is 15.6 Å². The highest BCUT2D eigenvalue weighted by atomic mass is 16.6. The molecule has 0 spiro atoms. The molecule has 1 fully saturated rings. The molecule has 3 N–H and O–H groups in total. The van der Waals surface area contributed by atoms with E-state index in [0.29, 0.717) is 5.95 Å². The van der Waals surface area contributed by atoms with Gasteiger partial charge in [0.2, 0.25) is 5.95 Å². The molecule has 11 nitrogen and oxygen atoms in total. The van der Waals surface area contributed by atoms with E-state index in [1.165, 1.54) is 4.90 Å². The summed E-state index contributed by atoms with van der Waals surface area (Å²) in [6, 6.07) is 6.51. The van der Waals surface area contributed by atoms with Gasteiger partial charge in [0.15, 0.2) is 0 Å². The van der Waals surface area contributed by atoms with Gasteiger partial charge in [0.05, 0.1) is 11.2 Å². The van der Waals surface area contributed by atoms with Crippen LogP contribution in [0.25, 0.3) is 22.2 Å². The van der Waals surface area contributed by atoms with E-state index in [-0.39, 0.29) is 19.0 Å². The van der Waals surface area contributed by atoms with Crippen molar-refractivity contribution in [3.05, 3.63) is 36.2 Å². The number of rotatable bonds is 8. The number of hydrogen-bond acceptors (Lipinski definition) is 8. The quantitative estimate of drug-likeness (QED) is 0.392. The smallest absolute Gasteiger partial charge is 0.411 e. The van der Waals surface area contributed by atoms with E-state index in [0.717, 1.165) is 47.2 Å². The second-order valence-corrected chi connectivity index (χ2v) is 10.3. The van der Waals surface area contributed by atoms with Gasteiger partial charge in [-0.1, -0.05) is 12.1 Å². The Morgan fingerprint density at radius 2 is 2.03 bits per heavy atom. The van der Waals surface area contributed by atoms with Crippen LogP contribution >= 0.6 is 0 Å². The van der Waals surface area contributed by atoms with Gasteiger partial charge in [0.25, 0.3) is 0 Å². The predicted molar refractivity (Wildman–Crippen MR) is 140 cm³/mol. The van der Waals surface area contributed by atoms with Crippen LogP contribution in [-0.2, 0) is 23.0 Å². The molecule has 37 heavy (non-hydrogen) atoms. The van der Waals surface area contributed by atoms with Gasteiger partial charge in [-0.25, -0.2) is 19.6 Å². The first-order valence-electron chi connectivity index (χ1n) is 12.5. The molecule has 198 valence electrons. The normalized spacial score (nSPS) is 17.8. The molecular formula is C26H35N7O4. The fourth-order valence-corrected chi connectivity index (χ4v) is 4.70. The van der Waals surface area contributed by atoms with Gasteiger partial charge in [-0.05, 0) is 59.3 Å². The molecule has 3 aromatic rings. The fourth-order valence-electron chi connectivity index (χ4n) is 4.70. The number of aryl methyl sites for hydroxylation is 2. The lowest BCUT2D eigenvalue weighted by Crippen LogP contribution is -2.43. The van der Waals surface area contributed by atoms with Crippen molar-refractivity contribution in [1.29, 1.82) is 0 Å². The average molecular weight is 510 g/mol. The van der Waals surface area contributed by atoms with Crippen molar-refractivity contribution in [2.24, 2.45) is 7.05 Å². The Bertz CT molecular complexity index is 1280. The van der Waals surface area contributed by atoms with Crippen LogP contribution in [0.5, 0.6) is 0 Å². The molecule has 3 heterocycles. The van der Waals surface area contributed by atoms with Gasteiger partial charge >= 0.3 is 12.1 Å². The SMILES string of the molecule is CNCCCc1c2c(-c3ccnc(N[C@H]4C[C@@H](C(=O)O)N(C(=O)OC(C)(C)C)C4)n3)cccc2nn1C. The van der Waals surface area contributed by atoms with E-state index in [1.54, 1.807) is 27.0 Å². The Kier molecular flexibility index (Phi) is 7.63. The summed E-state index contributed by atoms with van der Waals surface area (Å²) in [6.07, 6.45) is 3.11. The number of ether oxygens (including phenoxy) is 1. The third-order valence-corrected chi connectivity index (χ3v) is 6.30. The van der Waals surface area contributed by atoms with Crippen molar-refractivity contribution >= 4 is 28.9 Å². The Morgan fingerprint density at radius 1 is 1.24 bits per heavy atom. The minimum Gasteiger partial charge on any atom is -0.480 e. The van der Waals surface area contributed by atoms with Crippen LogP contribution < -0.4 is 10.6 Å². The lowest BCUT2D eigenvalue weighted by molar-refractivity contribution is -0.142. The third-order valence-electron chi connectivity index (χ3n) is 6.30. The number of hydrogen-bond donors (Lipinski definition) is 3. The van der Waals surface area contributed by atoms with Crippen LogP contribution in [0.3, 0.4) is 0 Å². The first-order valence-corrected chi connectivity index (χ1v) is 12.5. The summed E-state index contributed by atoms with van der Waals surface area (Å²) in [5.41, 5.74) is 3.02. The zero-order valence-corrected chi connectivity index (χ0v) is 22.0. The van der Waals surface area contributed by atoms with Crippen molar-refractivity contribution in [1.82, 2.24) is 30.0 Å². The Hall–Kier alpha value is -3.73. The molecule has 0 bridgehead atoms. The fraction of sp³-hybridized carbons (Fsp3) is 0.500. The van der Waals surface area contributed by atoms with Gasteiger partial charge in [0, 0.05) is 48.9 Å². The second kappa shape index (κ2) is 10.7. The Balaban J connectivity index is 1.58. The van der Waals surface area contributed by atoms with Crippen LogP contribution in [0.4, 0.5) is 10.7 Å². The maximum Gasteiger partial charge on any atom is 0.411 e. The third kappa shape index (κ3) is 5.99. The lowest BCUT2D eigenvalue weighted by Gasteiger charge is -2.26. The van der Waals surface area contributed by atoms with Crippen LogP contribution in [0.15, 0.2) is 30.5 Å². The number of carboxylic acid groups (broad SMARTS) is 1. The molecule has 1 aromatic carbocycles. The molecule has 0 unspecified atom stereocenters. The van der Waals surface area contributed by atoms with Gasteiger partial charge < -0.3 is 20.5 Å². The van der Waals surface area contributed by atoms with E-state index in [9.17, 15) is 14.7 Å². The van der Waals surface area contributed by atoms with E-state index < -0.39 is 23.7 Å². The van der Waals surface area contributed by atoms with Crippen molar-refractivity contribution in [3.63, 3.8) is 0 Å². The van der Waals surface area contributed by atoms with E-state index in [4.69, 9.17) is 14.8 Å². The summed E-state index contributed by atoms with van der Waals surface area (Å²) in [4.78, 5) is 34.9. The Morgan fingerprint density at radius 3 is 2.73 bits per heavy atom. The minimum atomic E-state index is -1.07. The van der Waals surface area contributed by atoms with Crippen molar-refractivity contribution < 1.29 is 19.4 Å². The van der Waals surface area contributed by atoms with Crippen molar-refractivity contribution in [2.75, 3.05) is 25.5 Å². The largest absolute Gasteiger partial charge is 0.480 e. The number of benzene rings is 1. The average Bonchev–Trinajstić information content (AvgIpc) is 3.39. The van der Waals surface area contributed by atoms with Crippen LogP contribution in [0, 0.1) is 0 Å². The number of amides is 1. The summed E-state index contributed by atoms with van der Waals surface area (Å²) in [7, 11) is 3.90. The number of carbonyl (C=O) groups is 2. The molecule has 2 atom stereocenters. The molecular weight excluding hydrogens is 474 g/mol. The number of nitrogens with one attached hydrogen (secondary N) is 2. The van der Waals surface area contributed by atoms with Crippen molar-refractivity contribution in [3.8, 4) is 11.3 Å². The van der Waals surface area contributed by atoms with Gasteiger partial charge in [-0.2, -0.15) is 5.10 Å². The molecule has 0 radical (unpaired) electrons. The molecule has 1 aliphatic heterocycles. The van der Waals surface area contributed by atoms with Crippen LogP contribution in [0.2, 0.25) is 0 Å². The summed E-state index contributed by atoms with van der Waals surface area (Å²) < 4.78 is 7.35. The monoisotopic (exact) mass is 509 g/mol. The highest BCUT2D eigenvalue weighted by Crippen LogP contribution is 2.31. The number of aliphatic carboxylic acids is 1. The van der Waals surface area contributed by atoms with E-state index in [1.807, 2.05) is 43.0 Å². The molecule has 1 saturated heterocycles. The zero-order valence-electron chi connectivity index (χ0n) is 22.0. The number of carboxylic acids is 1. The molecule has 0 aliphatic carbocycles. The summed E-state index contributed by atoms with van der Waals surface area (Å²) in [5, 5.41) is 21.9. The first kappa shape index (κ1) is 26.3. The summed E-state index contributed by atoms with van der Waals surface area (Å²) >= 11 is 0. The Labute approximate surface area is 216 Å². The second-order valence-electron chi connectivity index (χ2n) is 10.3. The standard InChI is InChI=1S/C26H35N7O4/c1-26(2,3)37-25(36)33-15-16(14-21(33)23(34)35)29-24-28-13-11-18(30-24)17-8-6-9-19-22(17)20(32(5)31-19)10-7-12-27-4/h6,8-9,11,13,16,21,27H,7,10,12,14-15H2,1-5H3,(H,34,35)(H,28,29,30)/t16-,21-/m0/s1. The topological polar surface area (TPSA) is 134 Å². The zero-order chi connectivity index (χ0) is 26.7. The summed E-state index contributed by atoms with van der Waals surface area (Å²) in [5.74, 6) is -0.700. The van der Waals surface area contributed by atoms with E-state index >= 15 is 0 Å². The molecule has 1 amide bonds. The lowest BCUT2D eigenvalue weighted by atomic mass is 10.0. The number of likely N-dealkylation sites (tertiary alicyclic amines) is 1. The van der Waals surface area contributed by atoms with Gasteiger partial charge in [-0.15, -0.1) is 0 Å². The van der Waals surface area contributed by atoms with Crippen LogP contribution in [-0.4, -0.2) is 79.6 Å². The molecule has 0 saturated carbocycles. The number of anilines is 1. The number of nitrogens with zero attached hydrogens (tertiary/aromatic N) is 5. The van der Waals surface area contributed by atoms with Gasteiger partial charge in [0.1, 0.15) is 11.6 Å². The maximum atomic E-state index is 12.6. The molecule has 1 aliphatic rings. The van der Waals surface area contributed by atoms with Gasteiger partial charge in [-0.3, -0.25) is 9.58 Å². The molecule has 11 heteroatoms. The van der Waals surface area contributed by atoms with Crippen LogP contribution in [0.1, 0.15) is 39.3 Å². The summed E-state index contributed by atoms with van der Waals surface area (Å²) in [6.45, 7) is 6.34. The maximum absolute atomic E-state index is 12.6. The predicted octanol–water partition coefficient (Wildman–Crippen LogP) is 3.06. The number of fused-ring (bicyclic) bond motifs is 1. The molecule has 2 aromatic heterocycles. The molecule has 4 rings (SSSR count). The number of aromatic nitrogens is 4. The number of carbonyl (C=O) groups excluding carboxylic acids is 1.